The van der Waals surface area contributed by atoms with E-state index in [4.69, 9.17) is 0 Å². The number of nitrogens with zero attached hydrogens (tertiary/aromatic N) is 1. The molecule has 28 heavy (non-hydrogen) atoms. The van der Waals surface area contributed by atoms with Crippen LogP contribution in [-0.2, 0) is 11.8 Å². The molecule has 6 heteroatoms. The Labute approximate surface area is 161 Å². The van der Waals surface area contributed by atoms with Gasteiger partial charge in [-0.3, -0.25) is 0 Å². The third-order valence-corrected chi connectivity index (χ3v) is 6.40. The highest BCUT2D eigenvalue weighted by Gasteiger charge is 2.49. The largest absolute Gasteiger partial charge is 0.416 e. The predicted molar refractivity (Wildman–Crippen MR) is 98.4 cm³/mol. The third kappa shape index (κ3) is 3.33. The number of benzene rings is 2. The lowest BCUT2D eigenvalue weighted by molar-refractivity contribution is -0.137. The van der Waals surface area contributed by atoms with Gasteiger partial charge in [0.1, 0.15) is 5.82 Å². The number of aliphatic hydroxyl groups is 1. The van der Waals surface area contributed by atoms with Gasteiger partial charge in [0.2, 0.25) is 0 Å². The lowest BCUT2D eigenvalue weighted by Crippen LogP contribution is -2.41. The first-order valence-electron chi connectivity index (χ1n) is 9.56. The highest BCUT2D eigenvalue weighted by molar-refractivity contribution is 5.49. The molecule has 1 N–H and O–H groups in total. The number of piperidine rings is 1. The van der Waals surface area contributed by atoms with Gasteiger partial charge in [0.25, 0.3) is 0 Å². The summed E-state index contributed by atoms with van der Waals surface area (Å²) in [6, 6.07) is 9.70. The van der Waals surface area contributed by atoms with Crippen molar-refractivity contribution in [3.8, 4) is 0 Å². The first-order chi connectivity index (χ1) is 13.2. The van der Waals surface area contributed by atoms with Gasteiger partial charge in [-0.05, 0) is 86.3 Å². The second-order valence-electron chi connectivity index (χ2n) is 8.11. The summed E-state index contributed by atoms with van der Waals surface area (Å²) in [5, 5.41) is 11.7. The van der Waals surface area contributed by atoms with Crippen molar-refractivity contribution in [2.24, 2.45) is 5.92 Å². The van der Waals surface area contributed by atoms with Crippen LogP contribution < -0.4 is 0 Å². The van der Waals surface area contributed by atoms with Gasteiger partial charge in [-0.2, -0.15) is 13.2 Å². The highest BCUT2D eigenvalue weighted by Crippen LogP contribution is 2.54. The van der Waals surface area contributed by atoms with Crippen LogP contribution in [0.15, 0.2) is 42.5 Å². The number of rotatable bonds is 2. The predicted octanol–water partition coefficient (Wildman–Crippen LogP) is 4.91. The Morgan fingerprint density at radius 3 is 2.29 bits per heavy atom. The highest BCUT2D eigenvalue weighted by atomic mass is 19.4. The van der Waals surface area contributed by atoms with Crippen molar-refractivity contribution >= 4 is 0 Å². The van der Waals surface area contributed by atoms with Crippen LogP contribution in [0.3, 0.4) is 0 Å². The number of likely N-dealkylation sites (tertiary alicyclic amines) is 1. The standard InChI is InChI=1S/C22H23F4NO/c1-27-10-8-15(9-11-27)21(28)13-19(14-2-5-17(23)6-3-14)18-7-4-16(12-20(18)21)22(24,25)26/h2-7,12,15,19,28H,8-11,13H2,1H3. The first kappa shape index (κ1) is 19.4. The number of hydrogen-bond donors (Lipinski definition) is 1. The van der Waals surface area contributed by atoms with Crippen LogP contribution >= 0.6 is 0 Å². The van der Waals surface area contributed by atoms with Gasteiger partial charge in [-0.1, -0.05) is 18.2 Å². The van der Waals surface area contributed by atoms with Crippen LogP contribution in [0, 0.1) is 11.7 Å². The number of halogens is 4. The molecule has 1 saturated heterocycles. The molecule has 2 unspecified atom stereocenters. The van der Waals surface area contributed by atoms with Gasteiger partial charge in [0.05, 0.1) is 11.2 Å². The number of hydrogen-bond acceptors (Lipinski definition) is 2. The third-order valence-electron chi connectivity index (χ3n) is 6.40. The molecule has 1 aliphatic carbocycles. The zero-order valence-corrected chi connectivity index (χ0v) is 15.6. The van der Waals surface area contributed by atoms with E-state index >= 15 is 0 Å². The molecular formula is C22H23F4NO. The van der Waals surface area contributed by atoms with Crippen molar-refractivity contribution in [1.29, 1.82) is 0 Å². The van der Waals surface area contributed by atoms with Gasteiger partial charge in [-0.25, -0.2) is 4.39 Å². The molecule has 0 spiro atoms. The Kier molecular flexibility index (Phi) is 4.74. The van der Waals surface area contributed by atoms with Crippen LogP contribution in [0.5, 0.6) is 0 Å². The molecule has 0 saturated carbocycles. The van der Waals surface area contributed by atoms with Crippen LogP contribution in [0.2, 0.25) is 0 Å². The van der Waals surface area contributed by atoms with E-state index in [-0.39, 0.29) is 17.7 Å². The molecule has 2 nitrogen and oxygen atoms in total. The molecular weight excluding hydrogens is 370 g/mol. The van der Waals surface area contributed by atoms with Crippen molar-refractivity contribution in [3.63, 3.8) is 0 Å². The minimum atomic E-state index is -4.46. The summed E-state index contributed by atoms with van der Waals surface area (Å²) >= 11 is 0. The molecule has 0 aromatic heterocycles. The van der Waals surface area contributed by atoms with Gasteiger partial charge >= 0.3 is 6.18 Å². The van der Waals surface area contributed by atoms with Crippen LogP contribution in [0.1, 0.15) is 47.4 Å². The molecule has 2 aromatic rings. The SMILES string of the molecule is CN1CCC(C2(O)CC(c3ccc(F)cc3)c3ccc(C(F)(F)F)cc32)CC1. The normalized spacial score (nSPS) is 26.4. The lowest BCUT2D eigenvalue weighted by atomic mass is 9.76. The first-order valence-corrected chi connectivity index (χ1v) is 9.56. The minimum absolute atomic E-state index is 0.101. The average molecular weight is 393 g/mol. The molecule has 1 aliphatic heterocycles. The van der Waals surface area contributed by atoms with Crippen LogP contribution in [0.4, 0.5) is 17.6 Å². The smallest absolute Gasteiger partial charge is 0.385 e. The topological polar surface area (TPSA) is 23.5 Å². The Hall–Kier alpha value is -1.92. The summed E-state index contributed by atoms with van der Waals surface area (Å²) in [4.78, 5) is 2.17. The Morgan fingerprint density at radius 1 is 1.04 bits per heavy atom. The summed E-state index contributed by atoms with van der Waals surface area (Å²) in [5.74, 6) is -0.709. The zero-order valence-electron chi connectivity index (χ0n) is 15.6. The van der Waals surface area contributed by atoms with E-state index in [0.717, 1.165) is 43.6 Å². The second-order valence-corrected chi connectivity index (χ2v) is 8.11. The molecule has 1 heterocycles. The molecule has 0 radical (unpaired) electrons. The Bertz CT molecular complexity index is 856. The fraction of sp³-hybridized carbons (Fsp3) is 0.455. The van der Waals surface area contributed by atoms with Gasteiger partial charge < -0.3 is 10.0 Å². The zero-order chi connectivity index (χ0) is 20.1. The molecule has 150 valence electrons. The molecule has 2 aliphatic rings. The van der Waals surface area contributed by atoms with E-state index in [1.807, 2.05) is 7.05 Å². The molecule has 0 bridgehead atoms. The van der Waals surface area contributed by atoms with Crippen LogP contribution in [0.25, 0.3) is 0 Å². The molecule has 1 fully saturated rings. The Balaban J connectivity index is 1.79. The summed E-state index contributed by atoms with van der Waals surface area (Å²) in [7, 11) is 2.01. The van der Waals surface area contributed by atoms with Crippen molar-refractivity contribution < 1.29 is 22.7 Å². The summed E-state index contributed by atoms with van der Waals surface area (Å²) in [6.07, 6.45) is -2.67. The lowest BCUT2D eigenvalue weighted by Gasteiger charge is -2.39. The van der Waals surface area contributed by atoms with Gasteiger partial charge in [0, 0.05) is 5.92 Å². The summed E-state index contributed by atoms with van der Waals surface area (Å²) in [6.45, 7) is 1.62. The van der Waals surface area contributed by atoms with Gasteiger partial charge in [0.15, 0.2) is 0 Å². The maximum Gasteiger partial charge on any atom is 0.416 e. The van der Waals surface area contributed by atoms with Gasteiger partial charge in [-0.15, -0.1) is 0 Å². The van der Waals surface area contributed by atoms with Crippen molar-refractivity contribution in [3.05, 3.63) is 70.5 Å². The number of fused-ring (bicyclic) bond motifs is 1. The second kappa shape index (κ2) is 6.85. The van der Waals surface area contributed by atoms with E-state index in [9.17, 15) is 22.7 Å². The maximum absolute atomic E-state index is 13.4. The van der Waals surface area contributed by atoms with Crippen LogP contribution in [-0.4, -0.2) is 30.1 Å². The van der Waals surface area contributed by atoms with Crippen molar-refractivity contribution in [1.82, 2.24) is 4.90 Å². The van der Waals surface area contributed by atoms with E-state index in [1.54, 1.807) is 12.1 Å². The molecule has 0 amide bonds. The van der Waals surface area contributed by atoms with E-state index < -0.39 is 17.3 Å². The molecule has 4 rings (SSSR count). The Morgan fingerprint density at radius 2 is 1.68 bits per heavy atom. The average Bonchev–Trinajstić information content (AvgIpc) is 2.96. The fourth-order valence-corrected chi connectivity index (χ4v) is 4.81. The van der Waals surface area contributed by atoms with Crippen molar-refractivity contribution in [2.45, 2.75) is 37.0 Å². The maximum atomic E-state index is 13.4. The van der Waals surface area contributed by atoms with Crippen molar-refractivity contribution in [2.75, 3.05) is 20.1 Å². The quantitative estimate of drug-likeness (QED) is 0.733. The molecule has 2 aromatic carbocycles. The summed E-state index contributed by atoms with van der Waals surface area (Å²) < 4.78 is 53.4. The van der Waals surface area contributed by atoms with E-state index in [0.29, 0.717) is 17.5 Å². The number of alkyl halides is 3. The monoisotopic (exact) mass is 393 g/mol. The summed E-state index contributed by atoms with van der Waals surface area (Å²) in [5.41, 5.74) is -0.146. The molecule has 2 atom stereocenters. The minimum Gasteiger partial charge on any atom is -0.385 e. The fourth-order valence-electron chi connectivity index (χ4n) is 4.81. The van der Waals surface area contributed by atoms with E-state index in [1.165, 1.54) is 18.2 Å². The van der Waals surface area contributed by atoms with E-state index in [2.05, 4.69) is 4.90 Å².